The molecule has 1 aromatic rings. The van der Waals surface area contributed by atoms with E-state index >= 15 is 0 Å². The number of amides is 1. The molecule has 0 radical (unpaired) electrons. The molecule has 1 aromatic carbocycles. The SMILES string of the molecule is CN(C)CC(=O)Nc1cccc(/C=C/C(=O)O)c1. The van der Waals surface area contributed by atoms with Crippen LogP contribution in [-0.2, 0) is 9.59 Å². The van der Waals surface area contributed by atoms with E-state index in [1.165, 1.54) is 6.08 Å². The van der Waals surface area contributed by atoms with E-state index < -0.39 is 5.97 Å². The van der Waals surface area contributed by atoms with Crippen molar-refractivity contribution in [2.45, 2.75) is 0 Å². The first-order chi connectivity index (χ1) is 8.47. The minimum atomic E-state index is -1.00. The number of hydrogen-bond donors (Lipinski definition) is 2. The maximum absolute atomic E-state index is 11.5. The number of hydrogen-bond acceptors (Lipinski definition) is 3. The summed E-state index contributed by atoms with van der Waals surface area (Å²) in [4.78, 5) is 23.7. The molecule has 1 amide bonds. The molecule has 0 unspecified atom stereocenters. The van der Waals surface area contributed by atoms with Crippen LogP contribution in [-0.4, -0.2) is 42.5 Å². The third kappa shape index (κ3) is 5.27. The maximum atomic E-state index is 11.5. The number of carboxylic acid groups (broad SMARTS) is 1. The molecule has 0 aliphatic carbocycles. The first kappa shape index (κ1) is 13.9. The monoisotopic (exact) mass is 248 g/mol. The molecule has 0 bridgehead atoms. The Balaban J connectivity index is 2.70. The number of carbonyl (C=O) groups is 2. The van der Waals surface area contributed by atoms with Crippen LogP contribution in [0.5, 0.6) is 0 Å². The van der Waals surface area contributed by atoms with Crippen molar-refractivity contribution in [3.8, 4) is 0 Å². The van der Waals surface area contributed by atoms with Crippen molar-refractivity contribution in [3.05, 3.63) is 35.9 Å². The lowest BCUT2D eigenvalue weighted by Crippen LogP contribution is -2.27. The van der Waals surface area contributed by atoms with E-state index in [-0.39, 0.29) is 5.91 Å². The Morgan fingerprint density at radius 2 is 2.11 bits per heavy atom. The van der Waals surface area contributed by atoms with Crippen molar-refractivity contribution < 1.29 is 14.7 Å². The van der Waals surface area contributed by atoms with E-state index in [0.717, 1.165) is 11.6 Å². The van der Waals surface area contributed by atoms with Crippen molar-refractivity contribution in [1.82, 2.24) is 4.90 Å². The fourth-order valence-electron chi connectivity index (χ4n) is 1.38. The summed E-state index contributed by atoms with van der Waals surface area (Å²) in [5.41, 5.74) is 1.37. The Hall–Kier alpha value is -2.14. The van der Waals surface area contributed by atoms with Crippen LogP contribution in [0.15, 0.2) is 30.3 Å². The van der Waals surface area contributed by atoms with Gasteiger partial charge in [-0.25, -0.2) is 4.79 Å². The molecule has 0 saturated carbocycles. The van der Waals surface area contributed by atoms with Gasteiger partial charge in [0.2, 0.25) is 5.91 Å². The summed E-state index contributed by atoms with van der Waals surface area (Å²) < 4.78 is 0. The second-order valence-corrected chi connectivity index (χ2v) is 4.08. The van der Waals surface area contributed by atoms with E-state index in [0.29, 0.717) is 12.2 Å². The zero-order valence-electron chi connectivity index (χ0n) is 10.4. The number of benzene rings is 1. The molecule has 96 valence electrons. The van der Waals surface area contributed by atoms with Gasteiger partial charge >= 0.3 is 5.97 Å². The quantitative estimate of drug-likeness (QED) is 0.770. The molecule has 2 N–H and O–H groups in total. The second kappa shape index (κ2) is 6.56. The smallest absolute Gasteiger partial charge is 0.328 e. The normalized spacial score (nSPS) is 10.8. The van der Waals surface area contributed by atoms with E-state index in [1.807, 2.05) is 14.1 Å². The van der Waals surface area contributed by atoms with Crippen LogP contribution < -0.4 is 5.32 Å². The molecular formula is C13H16N2O3. The molecule has 0 atom stereocenters. The number of nitrogens with zero attached hydrogens (tertiary/aromatic N) is 1. The van der Waals surface area contributed by atoms with Crippen molar-refractivity contribution in [3.63, 3.8) is 0 Å². The summed E-state index contributed by atoms with van der Waals surface area (Å²) >= 11 is 0. The van der Waals surface area contributed by atoms with Crippen LogP contribution in [0.4, 0.5) is 5.69 Å². The lowest BCUT2D eigenvalue weighted by Gasteiger charge is -2.10. The van der Waals surface area contributed by atoms with Gasteiger partial charge in [0.05, 0.1) is 6.54 Å². The highest BCUT2D eigenvalue weighted by Gasteiger charge is 2.03. The number of carboxylic acids is 1. The van der Waals surface area contributed by atoms with E-state index in [4.69, 9.17) is 5.11 Å². The molecule has 0 saturated heterocycles. The number of likely N-dealkylation sites (N-methyl/N-ethyl adjacent to an activating group) is 1. The molecule has 18 heavy (non-hydrogen) atoms. The number of anilines is 1. The Labute approximate surface area is 106 Å². The molecular weight excluding hydrogens is 232 g/mol. The van der Waals surface area contributed by atoms with Gasteiger partial charge in [0.25, 0.3) is 0 Å². The molecule has 0 fully saturated rings. The summed E-state index contributed by atoms with van der Waals surface area (Å²) in [5.74, 6) is -1.11. The van der Waals surface area contributed by atoms with Gasteiger partial charge in [0.15, 0.2) is 0 Å². The number of nitrogens with one attached hydrogen (secondary N) is 1. The van der Waals surface area contributed by atoms with Gasteiger partial charge in [0.1, 0.15) is 0 Å². The fraction of sp³-hybridized carbons (Fsp3) is 0.231. The average Bonchev–Trinajstić information content (AvgIpc) is 2.25. The van der Waals surface area contributed by atoms with Crippen LogP contribution in [0.2, 0.25) is 0 Å². The predicted molar refractivity (Wildman–Crippen MR) is 70.3 cm³/mol. The van der Waals surface area contributed by atoms with Crippen LogP contribution in [0.25, 0.3) is 6.08 Å². The van der Waals surface area contributed by atoms with E-state index in [2.05, 4.69) is 5.32 Å². The Morgan fingerprint density at radius 3 is 2.72 bits per heavy atom. The minimum absolute atomic E-state index is 0.112. The Kier molecular flexibility index (Phi) is 5.07. The molecule has 5 nitrogen and oxygen atoms in total. The van der Waals surface area contributed by atoms with Gasteiger partial charge < -0.3 is 15.3 Å². The Morgan fingerprint density at radius 1 is 1.39 bits per heavy atom. The molecule has 0 aliphatic heterocycles. The van der Waals surface area contributed by atoms with Crippen LogP contribution in [0.1, 0.15) is 5.56 Å². The average molecular weight is 248 g/mol. The summed E-state index contributed by atoms with van der Waals surface area (Å²) in [6.07, 6.45) is 2.53. The molecule has 0 heterocycles. The summed E-state index contributed by atoms with van der Waals surface area (Å²) in [6, 6.07) is 6.99. The summed E-state index contributed by atoms with van der Waals surface area (Å²) in [7, 11) is 3.62. The van der Waals surface area contributed by atoms with E-state index in [1.54, 1.807) is 29.2 Å². The zero-order valence-corrected chi connectivity index (χ0v) is 10.4. The first-order valence-corrected chi connectivity index (χ1v) is 5.43. The predicted octanol–water partition coefficient (Wildman–Crippen LogP) is 1.28. The zero-order chi connectivity index (χ0) is 13.5. The standard InChI is InChI=1S/C13H16N2O3/c1-15(2)9-12(16)14-11-5-3-4-10(8-11)6-7-13(17)18/h3-8H,9H2,1-2H3,(H,14,16)(H,17,18)/b7-6+. The van der Waals surface area contributed by atoms with Gasteiger partial charge in [0, 0.05) is 11.8 Å². The number of carbonyl (C=O) groups excluding carboxylic acids is 1. The van der Waals surface area contributed by atoms with Crippen molar-refractivity contribution in [2.75, 3.05) is 26.0 Å². The van der Waals surface area contributed by atoms with Crippen LogP contribution >= 0.6 is 0 Å². The van der Waals surface area contributed by atoms with Crippen molar-refractivity contribution in [1.29, 1.82) is 0 Å². The topological polar surface area (TPSA) is 69.6 Å². The van der Waals surface area contributed by atoms with Gasteiger partial charge in [-0.05, 0) is 37.9 Å². The number of aliphatic carboxylic acids is 1. The minimum Gasteiger partial charge on any atom is -0.478 e. The van der Waals surface area contributed by atoms with Crippen molar-refractivity contribution in [2.24, 2.45) is 0 Å². The maximum Gasteiger partial charge on any atom is 0.328 e. The van der Waals surface area contributed by atoms with Crippen LogP contribution in [0, 0.1) is 0 Å². The second-order valence-electron chi connectivity index (χ2n) is 4.08. The fourth-order valence-corrected chi connectivity index (χ4v) is 1.38. The molecule has 0 aromatic heterocycles. The van der Waals surface area contributed by atoms with Gasteiger partial charge in [-0.2, -0.15) is 0 Å². The van der Waals surface area contributed by atoms with E-state index in [9.17, 15) is 9.59 Å². The third-order valence-electron chi connectivity index (χ3n) is 2.05. The van der Waals surface area contributed by atoms with Crippen molar-refractivity contribution >= 4 is 23.6 Å². The van der Waals surface area contributed by atoms with Gasteiger partial charge in [-0.1, -0.05) is 12.1 Å². The molecule has 5 heteroatoms. The highest BCUT2D eigenvalue weighted by molar-refractivity contribution is 5.92. The summed E-state index contributed by atoms with van der Waals surface area (Å²) in [5, 5.41) is 11.3. The Bertz CT molecular complexity index is 467. The molecule has 0 spiro atoms. The molecule has 1 rings (SSSR count). The lowest BCUT2D eigenvalue weighted by atomic mass is 10.2. The lowest BCUT2D eigenvalue weighted by molar-refractivity contribution is -0.131. The van der Waals surface area contributed by atoms with Crippen LogP contribution in [0.3, 0.4) is 0 Å². The first-order valence-electron chi connectivity index (χ1n) is 5.43. The highest BCUT2D eigenvalue weighted by Crippen LogP contribution is 2.11. The largest absolute Gasteiger partial charge is 0.478 e. The highest BCUT2D eigenvalue weighted by atomic mass is 16.4. The third-order valence-corrected chi connectivity index (χ3v) is 2.05. The van der Waals surface area contributed by atoms with Gasteiger partial charge in [-0.3, -0.25) is 4.79 Å². The molecule has 0 aliphatic rings. The summed E-state index contributed by atoms with van der Waals surface area (Å²) in [6.45, 7) is 0.301. The number of rotatable bonds is 5. The van der Waals surface area contributed by atoms with Gasteiger partial charge in [-0.15, -0.1) is 0 Å².